The number of rotatable bonds is 6. The lowest BCUT2D eigenvalue weighted by molar-refractivity contribution is 0.102. The summed E-state index contributed by atoms with van der Waals surface area (Å²) in [4.78, 5) is 12.4. The predicted octanol–water partition coefficient (Wildman–Crippen LogP) is 5.21. The Morgan fingerprint density at radius 1 is 0.962 bits per heavy atom. The van der Waals surface area contributed by atoms with Gasteiger partial charge in [0, 0.05) is 24.0 Å². The summed E-state index contributed by atoms with van der Waals surface area (Å²) in [6, 6.07) is 22.4. The van der Waals surface area contributed by atoms with Crippen LogP contribution in [-0.2, 0) is 6.54 Å². The number of benzene rings is 3. The van der Waals surface area contributed by atoms with Crippen molar-refractivity contribution in [1.29, 1.82) is 0 Å². The minimum Gasteiger partial charge on any atom is -0.497 e. The van der Waals surface area contributed by atoms with Crippen molar-refractivity contribution >= 4 is 28.9 Å². The quantitative estimate of drug-likeness (QED) is 0.629. The number of ether oxygens (including phenoxy) is 1. The average Bonchev–Trinajstić information content (AvgIpc) is 2.67. The van der Waals surface area contributed by atoms with Crippen LogP contribution in [0.2, 0.25) is 5.02 Å². The third-order valence-corrected chi connectivity index (χ3v) is 4.20. The average molecular weight is 367 g/mol. The molecule has 0 atom stereocenters. The van der Waals surface area contributed by atoms with Gasteiger partial charge in [0.25, 0.3) is 5.91 Å². The van der Waals surface area contributed by atoms with Gasteiger partial charge in [-0.2, -0.15) is 0 Å². The summed E-state index contributed by atoms with van der Waals surface area (Å²) in [5, 5.41) is 6.66. The molecule has 0 aliphatic carbocycles. The van der Waals surface area contributed by atoms with Gasteiger partial charge in [-0.3, -0.25) is 4.79 Å². The van der Waals surface area contributed by atoms with Gasteiger partial charge in [-0.25, -0.2) is 0 Å². The van der Waals surface area contributed by atoms with Gasteiger partial charge in [0.05, 0.1) is 17.7 Å². The second-order valence-electron chi connectivity index (χ2n) is 5.72. The molecule has 0 spiro atoms. The zero-order valence-corrected chi connectivity index (χ0v) is 15.1. The Bertz CT molecular complexity index is 912. The normalized spacial score (nSPS) is 10.2. The fraction of sp³-hybridized carbons (Fsp3) is 0.0952. The van der Waals surface area contributed by atoms with E-state index in [0.717, 1.165) is 22.7 Å². The maximum Gasteiger partial charge on any atom is 0.257 e. The van der Waals surface area contributed by atoms with E-state index >= 15 is 0 Å². The molecule has 3 rings (SSSR count). The molecule has 0 unspecified atom stereocenters. The van der Waals surface area contributed by atoms with E-state index in [2.05, 4.69) is 10.6 Å². The molecule has 4 nitrogen and oxygen atoms in total. The van der Waals surface area contributed by atoms with Gasteiger partial charge in [-0.15, -0.1) is 0 Å². The third kappa shape index (κ3) is 4.55. The van der Waals surface area contributed by atoms with Crippen molar-refractivity contribution in [2.24, 2.45) is 0 Å². The summed E-state index contributed by atoms with van der Waals surface area (Å²) in [6.45, 7) is 0.628. The first-order chi connectivity index (χ1) is 12.7. The van der Waals surface area contributed by atoms with E-state index < -0.39 is 0 Å². The van der Waals surface area contributed by atoms with Crippen LogP contribution in [0, 0.1) is 0 Å². The molecule has 0 fully saturated rings. The molecule has 0 radical (unpaired) electrons. The molecule has 0 aliphatic rings. The fourth-order valence-corrected chi connectivity index (χ4v) is 2.76. The number of hydrogen-bond donors (Lipinski definition) is 2. The van der Waals surface area contributed by atoms with Crippen LogP contribution < -0.4 is 15.4 Å². The van der Waals surface area contributed by atoms with Crippen LogP contribution in [0.5, 0.6) is 5.75 Å². The molecule has 3 aromatic carbocycles. The van der Waals surface area contributed by atoms with Crippen LogP contribution in [0.15, 0.2) is 72.8 Å². The maximum absolute atomic E-state index is 12.4. The summed E-state index contributed by atoms with van der Waals surface area (Å²) < 4.78 is 5.22. The van der Waals surface area contributed by atoms with Crippen molar-refractivity contribution < 1.29 is 9.53 Å². The predicted molar refractivity (Wildman–Crippen MR) is 106 cm³/mol. The van der Waals surface area contributed by atoms with Crippen LogP contribution in [0.25, 0.3) is 0 Å². The zero-order valence-electron chi connectivity index (χ0n) is 14.3. The number of nitrogens with one attached hydrogen (secondary N) is 2. The summed E-state index contributed by atoms with van der Waals surface area (Å²) in [6.07, 6.45) is 0. The summed E-state index contributed by atoms with van der Waals surface area (Å²) >= 11 is 6.08. The maximum atomic E-state index is 12.4. The van der Waals surface area contributed by atoms with Crippen molar-refractivity contribution in [3.8, 4) is 5.75 Å². The van der Waals surface area contributed by atoms with Crippen LogP contribution >= 0.6 is 11.6 Å². The Morgan fingerprint density at radius 3 is 2.54 bits per heavy atom. The van der Waals surface area contributed by atoms with Crippen LogP contribution in [0.3, 0.4) is 0 Å². The highest BCUT2D eigenvalue weighted by atomic mass is 35.5. The minimum atomic E-state index is -0.228. The van der Waals surface area contributed by atoms with Gasteiger partial charge in [0.2, 0.25) is 0 Å². The summed E-state index contributed by atoms with van der Waals surface area (Å²) in [5.74, 6) is 0.573. The second-order valence-corrected chi connectivity index (χ2v) is 6.13. The van der Waals surface area contributed by atoms with Crippen molar-refractivity contribution in [3.05, 3.63) is 88.9 Å². The molecular weight excluding hydrogens is 348 g/mol. The van der Waals surface area contributed by atoms with Gasteiger partial charge in [-0.05, 0) is 42.0 Å². The highest BCUT2D eigenvalue weighted by Crippen LogP contribution is 2.20. The zero-order chi connectivity index (χ0) is 18.4. The molecule has 0 saturated heterocycles. The molecule has 5 heteroatoms. The topological polar surface area (TPSA) is 50.4 Å². The van der Waals surface area contributed by atoms with Gasteiger partial charge < -0.3 is 15.4 Å². The van der Waals surface area contributed by atoms with E-state index in [0.29, 0.717) is 17.1 Å². The van der Waals surface area contributed by atoms with Gasteiger partial charge in [-0.1, -0.05) is 41.9 Å². The van der Waals surface area contributed by atoms with Crippen molar-refractivity contribution in [2.75, 3.05) is 17.7 Å². The molecule has 26 heavy (non-hydrogen) atoms. The SMILES string of the molecule is COc1cccc(NCc2cccc(NC(=O)c3ccccc3Cl)c2)c1. The Morgan fingerprint density at radius 2 is 1.73 bits per heavy atom. The third-order valence-electron chi connectivity index (χ3n) is 3.87. The molecule has 3 aromatic rings. The summed E-state index contributed by atoms with van der Waals surface area (Å²) in [7, 11) is 1.64. The standard InChI is InChI=1S/C21H19ClN2O2/c1-26-18-9-5-7-16(13-18)23-14-15-6-4-8-17(12-15)24-21(25)19-10-2-3-11-20(19)22/h2-13,23H,14H2,1H3,(H,24,25). The van der Waals surface area contributed by atoms with Crippen molar-refractivity contribution in [2.45, 2.75) is 6.54 Å². The minimum absolute atomic E-state index is 0.228. The fourth-order valence-electron chi connectivity index (χ4n) is 2.54. The van der Waals surface area contributed by atoms with Crippen molar-refractivity contribution in [3.63, 3.8) is 0 Å². The van der Waals surface area contributed by atoms with E-state index in [1.807, 2.05) is 48.5 Å². The molecule has 1 amide bonds. The van der Waals surface area contributed by atoms with Gasteiger partial charge in [0.15, 0.2) is 0 Å². The molecule has 0 bridgehead atoms. The van der Waals surface area contributed by atoms with E-state index in [1.54, 1.807) is 31.4 Å². The molecule has 132 valence electrons. The number of carbonyl (C=O) groups is 1. The van der Waals surface area contributed by atoms with E-state index in [4.69, 9.17) is 16.3 Å². The number of hydrogen-bond acceptors (Lipinski definition) is 3. The van der Waals surface area contributed by atoms with Crippen LogP contribution in [-0.4, -0.2) is 13.0 Å². The molecule has 0 heterocycles. The first-order valence-corrected chi connectivity index (χ1v) is 8.56. The van der Waals surface area contributed by atoms with Crippen molar-refractivity contribution in [1.82, 2.24) is 0 Å². The lowest BCUT2D eigenvalue weighted by Gasteiger charge is -2.11. The molecule has 0 aliphatic heterocycles. The monoisotopic (exact) mass is 366 g/mol. The number of halogens is 1. The number of methoxy groups -OCH3 is 1. The molecule has 0 saturated carbocycles. The smallest absolute Gasteiger partial charge is 0.257 e. The molecule has 2 N–H and O–H groups in total. The highest BCUT2D eigenvalue weighted by Gasteiger charge is 2.09. The van der Waals surface area contributed by atoms with E-state index in [1.165, 1.54) is 0 Å². The van der Waals surface area contributed by atoms with E-state index in [9.17, 15) is 4.79 Å². The number of amides is 1. The molecule has 0 aromatic heterocycles. The Kier molecular flexibility index (Phi) is 5.77. The number of carbonyl (C=O) groups excluding carboxylic acids is 1. The first kappa shape index (κ1) is 17.8. The van der Waals surface area contributed by atoms with Gasteiger partial charge in [0.1, 0.15) is 5.75 Å². The van der Waals surface area contributed by atoms with E-state index in [-0.39, 0.29) is 5.91 Å². The second kappa shape index (κ2) is 8.41. The lowest BCUT2D eigenvalue weighted by atomic mass is 10.1. The lowest BCUT2D eigenvalue weighted by Crippen LogP contribution is -2.12. The Balaban J connectivity index is 1.66. The largest absolute Gasteiger partial charge is 0.497 e. The Labute approximate surface area is 157 Å². The molecular formula is C21H19ClN2O2. The summed E-state index contributed by atoms with van der Waals surface area (Å²) in [5.41, 5.74) is 3.19. The Hall–Kier alpha value is -2.98. The highest BCUT2D eigenvalue weighted by molar-refractivity contribution is 6.34. The first-order valence-electron chi connectivity index (χ1n) is 8.18. The van der Waals surface area contributed by atoms with Gasteiger partial charge >= 0.3 is 0 Å². The van der Waals surface area contributed by atoms with Crippen LogP contribution in [0.1, 0.15) is 15.9 Å². The van der Waals surface area contributed by atoms with Crippen LogP contribution in [0.4, 0.5) is 11.4 Å². The number of anilines is 2.